The van der Waals surface area contributed by atoms with Gasteiger partial charge in [0.2, 0.25) is 17.7 Å². The van der Waals surface area contributed by atoms with Gasteiger partial charge in [0.1, 0.15) is 0 Å². The highest BCUT2D eigenvalue weighted by Crippen LogP contribution is 2.29. The van der Waals surface area contributed by atoms with E-state index in [2.05, 4.69) is 10.3 Å². The van der Waals surface area contributed by atoms with Gasteiger partial charge in [0.05, 0.1) is 6.61 Å². The van der Waals surface area contributed by atoms with E-state index in [0.29, 0.717) is 24.8 Å². The van der Waals surface area contributed by atoms with Crippen LogP contribution in [0.15, 0.2) is 48.7 Å². The molecule has 0 unspecified atom stereocenters. The van der Waals surface area contributed by atoms with Crippen molar-refractivity contribution in [1.82, 2.24) is 10.3 Å². The number of amides is 2. The highest BCUT2D eigenvalue weighted by atomic mass is 16.5. The van der Waals surface area contributed by atoms with Crippen LogP contribution in [0.2, 0.25) is 0 Å². The molecule has 1 N–H and O–H groups in total. The summed E-state index contributed by atoms with van der Waals surface area (Å²) in [6, 6.07) is 11.4. The van der Waals surface area contributed by atoms with Gasteiger partial charge in [-0.3, -0.25) is 9.59 Å². The van der Waals surface area contributed by atoms with E-state index >= 15 is 0 Å². The van der Waals surface area contributed by atoms with Gasteiger partial charge in [-0.15, -0.1) is 0 Å². The number of carbonyl (C=O) groups excluding carboxylic acids is 2. The molecule has 150 valence electrons. The molecule has 4 rings (SSSR count). The van der Waals surface area contributed by atoms with Gasteiger partial charge in [-0.05, 0) is 60.6 Å². The van der Waals surface area contributed by atoms with Crippen molar-refractivity contribution in [3.05, 3.63) is 59.8 Å². The summed E-state index contributed by atoms with van der Waals surface area (Å²) in [5.74, 6) is 1.29. The van der Waals surface area contributed by atoms with Crippen LogP contribution in [-0.2, 0) is 16.1 Å². The lowest BCUT2D eigenvalue weighted by Gasteiger charge is -2.15. The molecule has 1 aliphatic carbocycles. The molecule has 1 saturated heterocycles. The van der Waals surface area contributed by atoms with Gasteiger partial charge in [-0.2, -0.15) is 0 Å². The van der Waals surface area contributed by atoms with E-state index in [-0.39, 0.29) is 11.8 Å². The Morgan fingerprint density at radius 2 is 2.07 bits per heavy atom. The number of nitrogens with one attached hydrogen (secondary N) is 1. The molecule has 2 heterocycles. The predicted molar refractivity (Wildman–Crippen MR) is 111 cm³/mol. The predicted octanol–water partition coefficient (Wildman–Crippen LogP) is 3.33. The van der Waals surface area contributed by atoms with Crippen molar-refractivity contribution in [2.75, 3.05) is 18.1 Å². The van der Waals surface area contributed by atoms with Crippen molar-refractivity contribution in [2.24, 2.45) is 5.92 Å². The van der Waals surface area contributed by atoms with Crippen molar-refractivity contribution in [3.63, 3.8) is 0 Å². The highest BCUT2D eigenvalue weighted by molar-refractivity contribution is 5.95. The maximum atomic E-state index is 12.1. The first-order valence-electron chi connectivity index (χ1n) is 10.1. The summed E-state index contributed by atoms with van der Waals surface area (Å²) in [5.41, 5.74) is 2.77. The Labute approximate surface area is 170 Å². The number of carbonyl (C=O) groups is 2. The summed E-state index contributed by atoms with van der Waals surface area (Å²) in [6.45, 7) is 1.91. The first-order valence-corrected chi connectivity index (χ1v) is 10.1. The van der Waals surface area contributed by atoms with Crippen molar-refractivity contribution < 1.29 is 14.3 Å². The maximum absolute atomic E-state index is 12.1. The summed E-state index contributed by atoms with van der Waals surface area (Å²) < 4.78 is 5.67. The van der Waals surface area contributed by atoms with E-state index in [1.54, 1.807) is 17.2 Å². The lowest BCUT2D eigenvalue weighted by atomic mass is 10.2. The maximum Gasteiger partial charge on any atom is 0.244 e. The van der Waals surface area contributed by atoms with Crippen molar-refractivity contribution in [2.45, 2.75) is 32.2 Å². The minimum atomic E-state index is -0.166. The van der Waals surface area contributed by atoms with Crippen molar-refractivity contribution >= 4 is 23.6 Å². The molecule has 2 aliphatic rings. The monoisotopic (exact) mass is 391 g/mol. The average Bonchev–Trinajstić information content (AvgIpc) is 3.49. The normalized spacial score (nSPS) is 16.4. The molecule has 2 fully saturated rings. The number of hydrogen-bond donors (Lipinski definition) is 1. The largest absolute Gasteiger partial charge is 0.477 e. The van der Waals surface area contributed by atoms with E-state index in [9.17, 15) is 9.59 Å². The SMILES string of the molecule is O=C(C=Cc1ccc(N2CCCC2=O)cc1)NCc1ccnc(OCC2CC2)c1. The minimum absolute atomic E-state index is 0.166. The number of aromatic nitrogens is 1. The first kappa shape index (κ1) is 19.2. The smallest absolute Gasteiger partial charge is 0.244 e. The van der Waals surface area contributed by atoms with E-state index in [1.165, 1.54) is 18.9 Å². The van der Waals surface area contributed by atoms with Gasteiger partial charge in [0, 0.05) is 43.5 Å². The Balaban J connectivity index is 1.26. The fourth-order valence-electron chi connectivity index (χ4n) is 3.23. The topological polar surface area (TPSA) is 71.5 Å². The lowest BCUT2D eigenvalue weighted by Crippen LogP contribution is -2.23. The van der Waals surface area contributed by atoms with Crippen LogP contribution in [0.4, 0.5) is 5.69 Å². The second-order valence-corrected chi connectivity index (χ2v) is 7.55. The molecule has 1 saturated carbocycles. The van der Waals surface area contributed by atoms with Gasteiger partial charge in [0.25, 0.3) is 0 Å². The number of pyridine rings is 1. The standard InChI is InChI=1S/C23H25N3O3/c27-21(25-15-19-11-12-24-22(14-19)29-16-18-3-4-18)10-7-17-5-8-20(9-6-17)26-13-1-2-23(26)28/h5-12,14,18H,1-4,13,15-16H2,(H,25,27). The molecule has 0 spiro atoms. The molecule has 1 aliphatic heterocycles. The lowest BCUT2D eigenvalue weighted by molar-refractivity contribution is -0.117. The number of benzene rings is 1. The number of nitrogens with zero attached hydrogens (tertiary/aromatic N) is 2. The number of hydrogen-bond acceptors (Lipinski definition) is 4. The van der Waals surface area contributed by atoms with Crippen molar-refractivity contribution in [1.29, 1.82) is 0 Å². The van der Waals surface area contributed by atoms with Gasteiger partial charge in [-0.25, -0.2) is 4.98 Å². The van der Waals surface area contributed by atoms with E-state index in [1.807, 2.05) is 36.4 Å². The van der Waals surface area contributed by atoms with Crippen LogP contribution in [0.1, 0.15) is 36.8 Å². The molecule has 2 aromatic rings. The number of anilines is 1. The summed E-state index contributed by atoms with van der Waals surface area (Å²) >= 11 is 0. The fourth-order valence-corrected chi connectivity index (χ4v) is 3.23. The second-order valence-electron chi connectivity index (χ2n) is 7.55. The van der Waals surface area contributed by atoms with Crippen LogP contribution in [0.25, 0.3) is 6.08 Å². The molecule has 1 aromatic heterocycles. The molecule has 6 heteroatoms. The average molecular weight is 391 g/mol. The molecule has 0 radical (unpaired) electrons. The quantitative estimate of drug-likeness (QED) is 0.701. The van der Waals surface area contributed by atoms with Crippen LogP contribution in [-0.4, -0.2) is 29.9 Å². The highest BCUT2D eigenvalue weighted by Gasteiger charge is 2.22. The van der Waals surface area contributed by atoms with E-state index < -0.39 is 0 Å². The van der Waals surface area contributed by atoms with Crippen LogP contribution in [0.3, 0.4) is 0 Å². The zero-order chi connectivity index (χ0) is 20.1. The summed E-state index contributed by atoms with van der Waals surface area (Å²) in [4.78, 5) is 29.9. The fraction of sp³-hybridized carbons (Fsp3) is 0.348. The third-order valence-electron chi connectivity index (χ3n) is 5.14. The van der Waals surface area contributed by atoms with Gasteiger partial charge >= 0.3 is 0 Å². The van der Waals surface area contributed by atoms with Crippen molar-refractivity contribution in [3.8, 4) is 5.88 Å². The van der Waals surface area contributed by atoms with E-state index in [0.717, 1.165) is 36.4 Å². The molecule has 0 atom stereocenters. The van der Waals surface area contributed by atoms with Crippen LogP contribution in [0.5, 0.6) is 5.88 Å². The number of rotatable bonds is 8. The summed E-state index contributed by atoms with van der Waals surface area (Å²) in [7, 11) is 0. The van der Waals surface area contributed by atoms with Crippen LogP contribution < -0.4 is 15.0 Å². The van der Waals surface area contributed by atoms with Gasteiger partial charge < -0.3 is 15.0 Å². The first-order chi connectivity index (χ1) is 14.2. The Morgan fingerprint density at radius 3 is 2.79 bits per heavy atom. The summed E-state index contributed by atoms with van der Waals surface area (Å²) in [5, 5.41) is 2.87. The second kappa shape index (κ2) is 8.90. The van der Waals surface area contributed by atoms with Crippen LogP contribution >= 0.6 is 0 Å². The molecule has 0 bridgehead atoms. The Morgan fingerprint density at radius 1 is 1.24 bits per heavy atom. The van der Waals surface area contributed by atoms with E-state index in [4.69, 9.17) is 4.74 Å². The zero-order valence-electron chi connectivity index (χ0n) is 16.3. The Kier molecular flexibility index (Phi) is 5.89. The Bertz CT molecular complexity index is 904. The third-order valence-corrected chi connectivity index (χ3v) is 5.14. The number of ether oxygens (including phenoxy) is 1. The molecule has 6 nitrogen and oxygen atoms in total. The third kappa shape index (κ3) is 5.44. The summed E-state index contributed by atoms with van der Waals surface area (Å²) in [6.07, 6.45) is 8.98. The Hall–Kier alpha value is -3.15. The minimum Gasteiger partial charge on any atom is -0.477 e. The molecule has 1 aromatic carbocycles. The van der Waals surface area contributed by atoms with Gasteiger partial charge in [0.15, 0.2) is 0 Å². The molecule has 29 heavy (non-hydrogen) atoms. The molecule has 2 amide bonds. The molecular weight excluding hydrogens is 366 g/mol. The van der Waals surface area contributed by atoms with Crippen LogP contribution in [0, 0.1) is 5.92 Å². The van der Waals surface area contributed by atoms with Gasteiger partial charge in [-0.1, -0.05) is 12.1 Å². The molecular formula is C23H25N3O3. The zero-order valence-corrected chi connectivity index (χ0v) is 16.3.